The number of aryl methyl sites for hydroxylation is 1. The predicted molar refractivity (Wildman–Crippen MR) is 76.8 cm³/mol. The highest BCUT2D eigenvalue weighted by molar-refractivity contribution is 5.96. The average Bonchev–Trinajstić information content (AvgIpc) is 2.41. The van der Waals surface area contributed by atoms with E-state index in [9.17, 15) is 9.59 Å². The minimum Gasteiger partial charge on any atom is -0.481 e. The Morgan fingerprint density at radius 1 is 1.25 bits per heavy atom. The van der Waals surface area contributed by atoms with Gasteiger partial charge in [-0.05, 0) is 50.8 Å². The van der Waals surface area contributed by atoms with Crippen LogP contribution >= 0.6 is 0 Å². The van der Waals surface area contributed by atoms with E-state index < -0.39 is 11.9 Å². The standard InChI is InChI=1S/C16H21NO3/c1-10-5-4-6-14(12(10)3)15(18)17-9-13(16(19)20)8-7-11(17)2/h4-6,11,13H,7-9H2,1-3H3,(H,19,20). The monoisotopic (exact) mass is 275 g/mol. The molecule has 4 nitrogen and oxygen atoms in total. The molecule has 1 fully saturated rings. The molecule has 0 spiro atoms. The lowest BCUT2D eigenvalue weighted by Gasteiger charge is -2.36. The lowest BCUT2D eigenvalue weighted by atomic mass is 9.92. The van der Waals surface area contributed by atoms with Gasteiger partial charge in [0.25, 0.3) is 5.91 Å². The maximum Gasteiger partial charge on any atom is 0.308 e. The summed E-state index contributed by atoms with van der Waals surface area (Å²) in [5.74, 6) is -1.31. The van der Waals surface area contributed by atoms with Crippen molar-refractivity contribution in [1.82, 2.24) is 4.90 Å². The molecule has 4 heteroatoms. The number of piperidine rings is 1. The molecule has 0 aliphatic carbocycles. The summed E-state index contributed by atoms with van der Waals surface area (Å²) >= 11 is 0. The smallest absolute Gasteiger partial charge is 0.308 e. The Balaban J connectivity index is 2.26. The van der Waals surface area contributed by atoms with Crippen molar-refractivity contribution < 1.29 is 14.7 Å². The van der Waals surface area contributed by atoms with Crippen LogP contribution in [0.15, 0.2) is 18.2 Å². The maximum atomic E-state index is 12.7. The largest absolute Gasteiger partial charge is 0.481 e. The molecular weight excluding hydrogens is 254 g/mol. The summed E-state index contributed by atoms with van der Waals surface area (Å²) in [6.45, 7) is 6.21. The summed E-state index contributed by atoms with van der Waals surface area (Å²) in [7, 11) is 0. The number of hydrogen-bond acceptors (Lipinski definition) is 2. The van der Waals surface area contributed by atoms with Crippen LogP contribution in [0.3, 0.4) is 0 Å². The second-order valence-electron chi connectivity index (χ2n) is 5.67. The highest BCUT2D eigenvalue weighted by Gasteiger charge is 2.33. The average molecular weight is 275 g/mol. The van der Waals surface area contributed by atoms with Gasteiger partial charge in [0.1, 0.15) is 0 Å². The Morgan fingerprint density at radius 2 is 1.95 bits per heavy atom. The molecule has 2 rings (SSSR count). The van der Waals surface area contributed by atoms with Gasteiger partial charge in [0, 0.05) is 18.2 Å². The first-order valence-corrected chi connectivity index (χ1v) is 7.01. The van der Waals surface area contributed by atoms with E-state index in [1.54, 1.807) is 4.90 Å². The van der Waals surface area contributed by atoms with Crippen molar-refractivity contribution in [3.63, 3.8) is 0 Å². The minimum atomic E-state index is -0.810. The van der Waals surface area contributed by atoms with Crippen LogP contribution in [-0.4, -0.2) is 34.5 Å². The van der Waals surface area contributed by atoms with Gasteiger partial charge in [-0.2, -0.15) is 0 Å². The number of amides is 1. The molecule has 1 aliphatic heterocycles. The number of carbonyl (C=O) groups excluding carboxylic acids is 1. The quantitative estimate of drug-likeness (QED) is 0.902. The fourth-order valence-corrected chi connectivity index (χ4v) is 2.73. The van der Waals surface area contributed by atoms with E-state index >= 15 is 0 Å². The molecule has 1 aromatic rings. The topological polar surface area (TPSA) is 57.6 Å². The fraction of sp³-hybridized carbons (Fsp3) is 0.500. The first kappa shape index (κ1) is 14.6. The third-order valence-electron chi connectivity index (χ3n) is 4.33. The Morgan fingerprint density at radius 3 is 2.60 bits per heavy atom. The second-order valence-corrected chi connectivity index (χ2v) is 5.67. The lowest BCUT2D eigenvalue weighted by molar-refractivity contribution is -0.143. The molecule has 0 radical (unpaired) electrons. The van der Waals surface area contributed by atoms with E-state index in [1.165, 1.54) is 0 Å². The molecule has 1 saturated heterocycles. The molecule has 1 aliphatic rings. The number of hydrogen-bond donors (Lipinski definition) is 1. The first-order valence-electron chi connectivity index (χ1n) is 7.01. The van der Waals surface area contributed by atoms with Gasteiger partial charge in [0.2, 0.25) is 0 Å². The number of aliphatic carboxylic acids is 1. The van der Waals surface area contributed by atoms with Crippen LogP contribution in [-0.2, 0) is 4.79 Å². The molecule has 20 heavy (non-hydrogen) atoms. The first-order chi connectivity index (χ1) is 9.41. The summed E-state index contributed by atoms with van der Waals surface area (Å²) in [6, 6.07) is 5.77. The zero-order chi connectivity index (χ0) is 14.9. The predicted octanol–water partition coefficient (Wildman–Crippen LogP) is 2.63. The van der Waals surface area contributed by atoms with E-state index in [4.69, 9.17) is 5.11 Å². The van der Waals surface area contributed by atoms with Gasteiger partial charge >= 0.3 is 5.97 Å². The molecule has 0 aromatic heterocycles. The Hall–Kier alpha value is -1.84. The molecular formula is C16H21NO3. The van der Waals surface area contributed by atoms with Gasteiger partial charge < -0.3 is 10.0 Å². The Kier molecular flexibility index (Phi) is 4.12. The van der Waals surface area contributed by atoms with Crippen LogP contribution in [0.1, 0.15) is 41.3 Å². The van der Waals surface area contributed by atoms with E-state index in [-0.39, 0.29) is 11.9 Å². The van der Waals surface area contributed by atoms with Gasteiger partial charge in [0.05, 0.1) is 5.92 Å². The van der Waals surface area contributed by atoms with Crippen molar-refractivity contribution in [3.8, 4) is 0 Å². The molecule has 0 bridgehead atoms. The number of carboxylic acid groups (broad SMARTS) is 1. The molecule has 1 amide bonds. The molecule has 2 atom stereocenters. The van der Waals surface area contributed by atoms with Crippen LogP contribution in [0.25, 0.3) is 0 Å². The third kappa shape index (κ3) is 2.69. The number of carboxylic acids is 1. The number of carbonyl (C=O) groups is 2. The van der Waals surface area contributed by atoms with Crippen LogP contribution in [0.2, 0.25) is 0 Å². The van der Waals surface area contributed by atoms with Crippen LogP contribution in [0.5, 0.6) is 0 Å². The number of nitrogens with zero attached hydrogens (tertiary/aromatic N) is 1. The Labute approximate surface area is 119 Å². The zero-order valence-electron chi connectivity index (χ0n) is 12.2. The van der Waals surface area contributed by atoms with E-state index in [0.29, 0.717) is 18.5 Å². The van der Waals surface area contributed by atoms with Gasteiger partial charge in [0.15, 0.2) is 0 Å². The lowest BCUT2D eigenvalue weighted by Crippen LogP contribution is -2.47. The molecule has 0 saturated carbocycles. The van der Waals surface area contributed by atoms with Crippen LogP contribution < -0.4 is 0 Å². The van der Waals surface area contributed by atoms with Crippen molar-refractivity contribution in [3.05, 3.63) is 34.9 Å². The second kappa shape index (κ2) is 5.65. The number of likely N-dealkylation sites (tertiary alicyclic amines) is 1. The summed E-state index contributed by atoms with van der Waals surface area (Å²) in [6.07, 6.45) is 1.39. The van der Waals surface area contributed by atoms with Gasteiger partial charge in [-0.1, -0.05) is 12.1 Å². The van der Waals surface area contributed by atoms with Crippen molar-refractivity contribution in [2.45, 2.75) is 39.7 Å². The van der Waals surface area contributed by atoms with Crippen molar-refractivity contribution in [2.75, 3.05) is 6.54 Å². The highest BCUT2D eigenvalue weighted by atomic mass is 16.4. The zero-order valence-corrected chi connectivity index (χ0v) is 12.2. The van der Waals surface area contributed by atoms with Gasteiger partial charge in [-0.3, -0.25) is 9.59 Å². The SMILES string of the molecule is Cc1cccc(C(=O)N2CC(C(=O)O)CCC2C)c1C. The van der Waals surface area contributed by atoms with Gasteiger partial charge in [-0.25, -0.2) is 0 Å². The van der Waals surface area contributed by atoms with Crippen molar-refractivity contribution >= 4 is 11.9 Å². The van der Waals surface area contributed by atoms with Crippen LogP contribution in [0, 0.1) is 19.8 Å². The maximum absolute atomic E-state index is 12.7. The molecule has 1 heterocycles. The molecule has 2 unspecified atom stereocenters. The summed E-state index contributed by atoms with van der Waals surface area (Å²) in [5, 5.41) is 9.16. The molecule has 1 aromatic carbocycles. The normalized spacial score (nSPS) is 22.6. The van der Waals surface area contributed by atoms with E-state index in [2.05, 4.69) is 0 Å². The van der Waals surface area contributed by atoms with Gasteiger partial charge in [-0.15, -0.1) is 0 Å². The van der Waals surface area contributed by atoms with Crippen molar-refractivity contribution in [1.29, 1.82) is 0 Å². The summed E-state index contributed by atoms with van der Waals surface area (Å²) in [5.41, 5.74) is 2.74. The third-order valence-corrected chi connectivity index (χ3v) is 4.33. The summed E-state index contributed by atoms with van der Waals surface area (Å²) in [4.78, 5) is 25.5. The highest BCUT2D eigenvalue weighted by Crippen LogP contribution is 2.25. The number of benzene rings is 1. The fourth-order valence-electron chi connectivity index (χ4n) is 2.73. The van der Waals surface area contributed by atoms with E-state index in [0.717, 1.165) is 17.5 Å². The summed E-state index contributed by atoms with van der Waals surface area (Å²) < 4.78 is 0. The molecule has 1 N–H and O–H groups in total. The minimum absolute atomic E-state index is 0.0512. The molecule has 108 valence electrons. The number of rotatable bonds is 2. The van der Waals surface area contributed by atoms with Crippen molar-refractivity contribution in [2.24, 2.45) is 5.92 Å². The Bertz CT molecular complexity index is 539. The van der Waals surface area contributed by atoms with Crippen LogP contribution in [0.4, 0.5) is 0 Å². The van der Waals surface area contributed by atoms with E-state index in [1.807, 2.05) is 39.0 Å².